The highest BCUT2D eigenvalue weighted by molar-refractivity contribution is 6.06. The van der Waals surface area contributed by atoms with Gasteiger partial charge in [0.2, 0.25) is 0 Å². The zero-order valence-electron chi connectivity index (χ0n) is 11.8. The van der Waals surface area contributed by atoms with Crippen molar-refractivity contribution < 1.29 is 19.4 Å². The Morgan fingerprint density at radius 2 is 2.00 bits per heavy atom. The van der Waals surface area contributed by atoms with Crippen molar-refractivity contribution in [3.05, 3.63) is 0 Å². The number of hydrogen-bond acceptors (Lipinski definition) is 5. The van der Waals surface area contributed by atoms with Crippen molar-refractivity contribution in [1.29, 1.82) is 0 Å². The highest BCUT2D eigenvalue weighted by atomic mass is 16.5. The predicted octanol–water partition coefficient (Wildman–Crippen LogP) is -0.742. The molecule has 1 aliphatic heterocycles. The number of hydrogen-bond donors (Lipinski definition) is 2. The van der Waals surface area contributed by atoms with Gasteiger partial charge in [0.05, 0.1) is 13.2 Å². The van der Waals surface area contributed by atoms with Gasteiger partial charge >= 0.3 is 6.03 Å². The molecule has 0 atom stereocenters. The molecular weight excluding hydrogens is 250 g/mol. The van der Waals surface area contributed by atoms with E-state index in [4.69, 9.17) is 9.84 Å². The maximum atomic E-state index is 12.0. The van der Waals surface area contributed by atoms with E-state index in [0.717, 1.165) is 0 Å². The normalized spacial score (nSPS) is 18.3. The number of imide groups is 1. The molecule has 0 unspecified atom stereocenters. The quantitative estimate of drug-likeness (QED) is 0.569. The monoisotopic (exact) mass is 273 g/mol. The number of aliphatic hydroxyl groups is 1. The maximum absolute atomic E-state index is 12.0. The Morgan fingerprint density at radius 3 is 2.47 bits per heavy atom. The van der Waals surface area contributed by atoms with E-state index in [9.17, 15) is 9.59 Å². The molecule has 2 N–H and O–H groups in total. The number of amides is 3. The molecule has 110 valence electrons. The Kier molecular flexibility index (Phi) is 5.71. The van der Waals surface area contributed by atoms with Crippen LogP contribution in [-0.2, 0) is 9.53 Å². The van der Waals surface area contributed by atoms with Crippen molar-refractivity contribution in [1.82, 2.24) is 15.1 Å². The van der Waals surface area contributed by atoms with Gasteiger partial charge < -0.3 is 15.2 Å². The average molecular weight is 273 g/mol. The summed E-state index contributed by atoms with van der Waals surface area (Å²) in [5.41, 5.74) is -0.828. The molecule has 1 heterocycles. The standard InChI is InChI=1S/C12H23N3O4/c1-12(2)10(17)15(11(18)13-12)5-4-14(6-8-16)7-9-19-3/h16H,4-9H2,1-3H3,(H,13,18). The van der Waals surface area contributed by atoms with E-state index in [1.54, 1.807) is 21.0 Å². The van der Waals surface area contributed by atoms with Gasteiger partial charge in [-0.05, 0) is 13.8 Å². The molecule has 1 fully saturated rings. The van der Waals surface area contributed by atoms with Gasteiger partial charge in [-0.1, -0.05) is 0 Å². The number of carbonyl (C=O) groups is 2. The lowest BCUT2D eigenvalue weighted by Crippen LogP contribution is -2.42. The number of urea groups is 1. The number of aliphatic hydroxyl groups excluding tert-OH is 1. The zero-order valence-corrected chi connectivity index (χ0v) is 11.8. The Morgan fingerprint density at radius 1 is 1.32 bits per heavy atom. The van der Waals surface area contributed by atoms with Gasteiger partial charge in [-0.15, -0.1) is 0 Å². The Bertz CT molecular complexity index is 333. The van der Waals surface area contributed by atoms with Crippen LogP contribution in [0.5, 0.6) is 0 Å². The van der Waals surface area contributed by atoms with Crippen LogP contribution in [0.4, 0.5) is 4.79 Å². The number of nitrogens with zero attached hydrogens (tertiary/aromatic N) is 2. The summed E-state index contributed by atoms with van der Waals surface area (Å²) < 4.78 is 4.98. The van der Waals surface area contributed by atoms with E-state index >= 15 is 0 Å². The summed E-state index contributed by atoms with van der Waals surface area (Å²) in [5, 5.41) is 11.6. The third-order valence-electron chi connectivity index (χ3n) is 3.11. The third kappa shape index (κ3) is 4.15. The Hall–Kier alpha value is -1.18. The van der Waals surface area contributed by atoms with Crippen LogP contribution in [0.25, 0.3) is 0 Å². The summed E-state index contributed by atoms with van der Waals surface area (Å²) in [6, 6.07) is -0.356. The number of rotatable bonds is 8. The molecule has 0 aromatic heterocycles. The van der Waals surface area contributed by atoms with E-state index < -0.39 is 5.54 Å². The maximum Gasteiger partial charge on any atom is 0.325 e. The Balaban J connectivity index is 2.49. The molecule has 0 aliphatic carbocycles. The molecule has 7 heteroatoms. The van der Waals surface area contributed by atoms with Crippen molar-refractivity contribution in [3.63, 3.8) is 0 Å². The third-order valence-corrected chi connectivity index (χ3v) is 3.11. The van der Waals surface area contributed by atoms with Crippen molar-refractivity contribution in [3.8, 4) is 0 Å². The molecule has 3 amide bonds. The van der Waals surface area contributed by atoms with Crippen LogP contribution in [0.1, 0.15) is 13.8 Å². The lowest BCUT2D eigenvalue weighted by Gasteiger charge is -2.23. The summed E-state index contributed by atoms with van der Waals surface area (Å²) in [5.74, 6) is -0.215. The predicted molar refractivity (Wildman–Crippen MR) is 69.7 cm³/mol. The number of carbonyl (C=O) groups excluding carboxylic acids is 2. The molecule has 0 aromatic carbocycles. The van der Waals surface area contributed by atoms with Gasteiger partial charge in [0, 0.05) is 33.3 Å². The van der Waals surface area contributed by atoms with Crippen LogP contribution >= 0.6 is 0 Å². The molecule has 1 aliphatic rings. The molecule has 0 saturated carbocycles. The minimum absolute atomic E-state index is 0.0371. The SMILES string of the molecule is COCCN(CCO)CCN1C(=O)NC(C)(C)C1=O. The van der Waals surface area contributed by atoms with Gasteiger partial charge in [-0.3, -0.25) is 14.6 Å². The molecular formula is C12H23N3O4. The first-order chi connectivity index (χ1) is 8.92. The topological polar surface area (TPSA) is 82.1 Å². The minimum Gasteiger partial charge on any atom is -0.395 e. The summed E-state index contributed by atoms with van der Waals surface area (Å²) in [4.78, 5) is 26.8. The fourth-order valence-electron chi connectivity index (χ4n) is 1.96. The number of methoxy groups -OCH3 is 1. The van der Waals surface area contributed by atoms with Crippen molar-refractivity contribution in [2.45, 2.75) is 19.4 Å². The van der Waals surface area contributed by atoms with Gasteiger partial charge in [0.25, 0.3) is 5.91 Å². The zero-order chi connectivity index (χ0) is 14.5. The lowest BCUT2D eigenvalue weighted by molar-refractivity contribution is -0.130. The van der Waals surface area contributed by atoms with Crippen molar-refractivity contribution in [2.24, 2.45) is 0 Å². The second-order valence-electron chi connectivity index (χ2n) is 5.07. The van der Waals surface area contributed by atoms with Crippen molar-refractivity contribution in [2.75, 3.05) is 46.5 Å². The minimum atomic E-state index is -0.828. The second kappa shape index (κ2) is 6.83. The van der Waals surface area contributed by atoms with Crippen LogP contribution in [-0.4, -0.2) is 78.9 Å². The van der Waals surface area contributed by atoms with Crippen LogP contribution in [0, 0.1) is 0 Å². The van der Waals surface area contributed by atoms with Crippen LogP contribution in [0.2, 0.25) is 0 Å². The molecule has 0 spiro atoms. The largest absolute Gasteiger partial charge is 0.395 e. The van der Waals surface area contributed by atoms with Crippen LogP contribution in [0.15, 0.2) is 0 Å². The smallest absolute Gasteiger partial charge is 0.325 e. The van der Waals surface area contributed by atoms with E-state index in [1.807, 2.05) is 4.90 Å². The summed E-state index contributed by atoms with van der Waals surface area (Å²) in [6.07, 6.45) is 0. The fourth-order valence-corrected chi connectivity index (χ4v) is 1.96. The molecule has 19 heavy (non-hydrogen) atoms. The lowest BCUT2D eigenvalue weighted by atomic mass is 10.1. The Labute approximate surface area is 113 Å². The van der Waals surface area contributed by atoms with E-state index in [2.05, 4.69) is 5.32 Å². The first-order valence-corrected chi connectivity index (χ1v) is 6.38. The first-order valence-electron chi connectivity index (χ1n) is 6.38. The molecule has 1 rings (SSSR count). The van der Waals surface area contributed by atoms with Crippen LogP contribution in [0.3, 0.4) is 0 Å². The second-order valence-corrected chi connectivity index (χ2v) is 5.07. The van der Waals surface area contributed by atoms with E-state index in [1.165, 1.54) is 4.90 Å². The van der Waals surface area contributed by atoms with Gasteiger partial charge in [0.1, 0.15) is 5.54 Å². The summed E-state index contributed by atoms with van der Waals surface area (Å²) in [7, 11) is 1.61. The van der Waals surface area contributed by atoms with Gasteiger partial charge in [0.15, 0.2) is 0 Å². The van der Waals surface area contributed by atoms with E-state index in [0.29, 0.717) is 32.8 Å². The highest BCUT2D eigenvalue weighted by Crippen LogP contribution is 2.16. The molecule has 0 aromatic rings. The average Bonchev–Trinajstić information content (AvgIpc) is 2.53. The van der Waals surface area contributed by atoms with Crippen LogP contribution < -0.4 is 5.32 Å². The fraction of sp³-hybridized carbons (Fsp3) is 0.833. The molecule has 1 saturated heterocycles. The number of nitrogens with one attached hydrogen (secondary N) is 1. The highest BCUT2D eigenvalue weighted by Gasteiger charge is 2.43. The summed E-state index contributed by atoms with van der Waals surface area (Å²) >= 11 is 0. The number of ether oxygens (including phenoxy) is 1. The summed E-state index contributed by atoms with van der Waals surface area (Å²) in [6.45, 7) is 5.95. The molecule has 0 radical (unpaired) electrons. The van der Waals surface area contributed by atoms with E-state index in [-0.39, 0.29) is 18.5 Å². The molecule has 7 nitrogen and oxygen atoms in total. The first kappa shape index (κ1) is 15.9. The van der Waals surface area contributed by atoms with Gasteiger partial charge in [-0.25, -0.2) is 4.79 Å². The van der Waals surface area contributed by atoms with Gasteiger partial charge in [-0.2, -0.15) is 0 Å². The van der Waals surface area contributed by atoms with Crippen molar-refractivity contribution >= 4 is 11.9 Å². The molecule has 0 bridgehead atoms.